The van der Waals surface area contributed by atoms with E-state index in [-0.39, 0.29) is 5.82 Å². The third kappa shape index (κ3) is 2.96. The summed E-state index contributed by atoms with van der Waals surface area (Å²) in [5, 5.41) is 0. The van der Waals surface area contributed by atoms with Crippen molar-refractivity contribution in [1.29, 1.82) is 0 Å². The lowest BCUT2D eigenvalue weighted by Crippen LogP contribution is -2.10. The van der Waals surface area contributed by atoms with E-state index in [0.717, 1.165) is 16.6 Å². The first-order valence-electron chi connectivity index (χ1n) is 5.48. The number of hydrogen-bond acceptors (Lipinski definition) is 1. The number of nitrogens with two attached hydrogens (primary N) is 1. The van der Waals surface area contributed by atoms with Crippen LogP contribution in [-0.4, -0.2) is 11.1 Å². The van der Waals surface area contributed by atoms with Gasteiger partial charge >= 0.3 is 0 Å². The first kappa shape index (κ1) is 12.3. The van der Waals surface area contributed by atoms with E-state index >= 15 is 0 Å². The van der Waals surface area contributed by atoms with E-state index in [4.69, 9.17) is 5.73 Å². The molecule has 1 heterocycles. The molecule has 0 aliphatic heterocycles. The summed E-state index contributed by atoms with van der Waals surface area (Å²) < 4.78 is 16.5. The molecule has 0 spiro atoms. The number of benzene rings is 1. The highest BCUT2D eigenvalue weighted by molar-refractivity contribution is 9.10. The Balaban J connectivity index is 2.25. The minimum atomic E-state index is -0.180. The second kappa shape index (κ2) is 5.47. The number of nitrogens with zero attached hydrogens (tertiary/aromatic N) is 1. The number of hydrogen-bond donors (Lipinski definition) is 1. The number of rotatable bonds is 4. The van der Waals surface area contributed by atoms with Crippen LogP contribution >= 0.6 is 15.9 Å². The fourth-order valence-electron chi connectivity index (χ4n) is 1.83. The molecule has 0 fully saturated rings. The van der Waals surface area contributed by atoms with Crippen LogP contribution in [0.15, 0.2) is 41.0 Å². The maximum atomic E-state index is 13.6. The third-order valence-electron chi connectivity index (χ3n) is 2.67. The molecule has 0 saturated carbocycles. The summed E-state index contributed by atoms with van der Waals surface area (Å²) in [6, 6.07) is 8.96. The highest BCUT2D eigenvalue weighted by atomic mass is 79.9. The Morgan fingerprint density at radius 2 is 2.12 bits per heavy atom. The minimum Gasteiger partial charge on any atom is -0.347 e. The maximum Gasteiger partial charge on any atom is 0.128 e. The van der Waals surface area contributed by atoms with Gasteiger partial charge in [-0.1, -0.05) is 15.9 Å². The zero-order valence-corrected chi connectivity index (χ0v) is 11.0. The molecule has 0 aliphatic carbocycles. The fourth-order valence-corrected chi connectivity index (χ4v) is 2.24. The second-order valence-corrected chi connectivity index (χ2v) is 4.82. The third-order valence-corrected chi connectivity index (χ3v) is 3.17. The summed E-state index contributed by atoms with van der Waals surface area (Å²) in [4.78, 5) is 0. The molecule has 17 heavy (non-hydrogen) atoms. The molecule has 0 atom stereocenters. The molecule has 0 saturated heterocycles. The standard InChI is InChI=1S/C13H14BrFN2/c14-11-3-4-13(15)10(8-11)9-17-7-1-2-12(17)5-6-16/h1-4,7-8H,5-6,9,16H2. The average molecular weight is 297 g/mol. The molecule has 0 aliphatic rings. The van der Waals surface area contributed by atoms with Crippen LogP contribution < -0.4 is 5.73 Å². The summed E-state index contributed by atoms with van der Waals surface area (Å²) in [5.41, 5.74) is 7.35. The fraction of sp³-hybridized carbons (Fsp3) is 0.231. The Hall–Kier alpha value is -1.13. The maximum absolute atomic E-state index is 13.6. The van der Waals surface area contributed by atoms with Crippen molar-refractivity contribution in [3.05, 3.63) is 58.1 Å². The van der Waals surface area contributed by atoms with Crippen molar-refractivity contribution in [2.75, 3.05) is 6.54 Å². The monoisotopic (exact) mass is 296 g/mol. The summed E-state index contributed by atoms with van der Waals surface area (Å²) in [6.07, 6.45) is 2.76. The van der Waals surface area contributed by atoms with Gasteiger partial charge in [0.2, 0.25) is 0 Å². The molecule has 0 unspecified atom stereocenters. The first-order chi connectivity index (χ1) is 8.20. The SMILES string of the molecule is NCCc1cccn1Cc1cc(Br)ccc1F. The van der Waals surface area contributed by atoms with E-state index in [0.29, 0.717) is 18.7 Å². The van der Waals surface area contributed by atoms with Crippen molar-refractivity contribution in [1.82, 2.24) is 4.57 Å². The predicted octanol–water partition coefficient (Wildman–Crippen LogP) is 2.94. The van der Waals surface area contributed by atoms with Gasteiger partial charge in [0, 0.05) is 21.9 Å². The topological polar surface area (TPSA) is 30.9 Å². The molecular formula is C13H14BrFN2. The highest BCUT2D eigenvalue weighted by Crippen LogP contribution is 2.17. The number of aromatic nitrogens is 1. The van der Waals surface area contributed by atoms with Crippen LogP contribution in [0.5, 0.6) is 0 Å². The lowest BCUT2D eigenvalue weighted by molar-refractivity contribution is 0.595. The van der Waals surface area contributed by atoms with Crippen molar-refractivity contribution in [3.8, 4) is 0 Å². The van der Waals surface area contributed by atoms with Crippen LogP contribution in [0.2, 0.25) is 0 Å². The summed E-state index contributed by atoms with van der Waals surface area (Å²) >= 11 is 3.35. The van der Waals surface area contributed by atoms with Gasteiger partial charge in [-0.25, -0.2) is 4.39 Å². The van der Waals surface area contributed by atoms with Crippen LogP contribution in [-0.2, 0) is 13.0 Å². The van der Waals surface area contributed by atoms with Gasteiger partial charge in [0.1, 0.15) is 5.82 Å². The van der Waals surface area contributed by atoms with Crippen molar-refractivity contribution in [2.45, 2.75) is 13.0 Å². The van der Waals surface area contributed by atoms with Gasteiger partial charge in [-0.15, -0.1) is 0 Å². The molecule has 1 aromatic heterocycles. The molecule has 90 valence electrons. The van der Waals surface area contributed by atoms with Crippen molar-refractivity contribution < 1.29 is 4.39 Å². The minimum absolute atomic E-state index is 0.180. The second-order valence-electron chi connectivity index (χ2n) is 3.90. The van der Waals surface area contributed by atoms with E-state index in [1.165, 1.54) is 6.07 Å². The van der Waals surface area contributed by atoms with Crippen molar-refractivity contribution >= 4 is 15.9 Å². The molecule has 1 aromatic carbocycles. The predicted molar refractivity (Wildman–Crippen MR) is 70.4 cm³/mol. The Morgan fingerprint density at radius 3 is 2.88 bits per heavy atom. The Labute approximate surface area is 108 Å². The van der Waals surface area contributed by atoms with Crippen LogP contribution in [0.4, 0.5) is 4.39 Å². The van der Waals surface area contributed by atoms with Gasteiger partial charge in [0.05, 0.1) is 6.54 Å². The molecule has 0 radical (unpaired) electrons. The van der Waals surface area contributed by atoms with Crippen LogP contribution in [0.3, 0.4) is 0 Å². The molecule has 0 amide bonds. The lowest BCUT2D eigenvalue weighted by atomic mass is 10.2. The van der Waals surface area contributed by atoms with E-state index in [1.807, 2.05) is 29.0 Å². The van der Waals surface area contributed by atoms with E-state index in [1.54, 1.807) is 6.07 Å². The Kier molecular flexibility index (Phi) is 3.97. The highest BCUT2D eigenvalue weighted by Gasteiger charge is 2.06. The molecule has 2 N–H and O–H groups in total. The molecule has 4 heteroatoms. The van der Waals surface area contributed by atoms with Crippen LogP contribution in [0.25, 0.3) is 0 Å². The summed E-state index contributed by atoms with van der Waals surface area (Å²) in [5.74, 6) is -0.180. The average Bonchev–Trinajstić information content (AvgIpc) is 2.72. The zero-order valence-electron chi connectivity index (χ0n) is 9.37. The van der Waals surface area contributed by atoms with Crippen molar-refractivity contribution in [3.63, 3.8) is 0 Å². The van der Waals surface area contributed by atoms with Gasteiger partial charge in [-0.05, 0) is 43.3 Å². The Bertz CT molecular complexity index is 508. The molecule has 0 bridgehead atoms. The quantitative estimate of drug-likeness (QED) is 0.924. The van der Waals surface area contributed by atoms with E-state index in [2.05, 4.69) is 15.9 Å². The van der Waals surface area contributed by atoms with Gasteiger partial charge in [-0.2, -0.15) is 0 Å². The van der Waals surface area contributed by atoms with Gasteiger partial charge in [0.15, 0.2) is 0 Å². The van der Waals surface area contributed by atoms with Crippen LogP contribution in [0, 0.1) is 5.82 Å². The Morgan fingerprint density at radius 1 is 1.29 bits per heavy atom. The molecule has 2 nitrogen and oxygen atoms in total. The number of halogens is 2. The molecule has 2 aromatic rings. The largest absolute Gasteiger partial charge is 0.347 e. The van der Waals surface area contributed by atoms with Gasteiger partial charge in [0.25, 0.3) is 0 Å². The normalized spacial score (nSPS) is 10.8. The van der Waals surface area contributed by atoms with Crippen LogP contribution in [0.1, 0.15) is 11.3 Å². The summed E-state index contributed by atoms with van der Waals surface area (Å²) in [6.45, 7) is 1.14. The smallest absolute Gasteiger partial charge is 0.128 e. The molecule has 2 rings (SSSR count). The van der Waals surface area contributed by atoms with E-state index in [9.17, 15) is 4.39 Å². The van der Waals surface area contributed by atoms with E-state index < -0.39 is 0 Å². The summed E-state index contributed by atoms with van der Waals surface area (Å²) in [7, 11) is 0. The zero-order chi connectivity index (χ0) is 12.3. The van der Waals surface area contributed by atoms with Crippen molar-refractivity contribution in [2.24, 2.45) is 5.73 Å². The molecular weight excluding hydrogens is 283 g/mol. The lowest BCUT2D eigenvalue weighted by Gasteiger charge is -2.10. The van der Waals surface area contributed by atoms with Gasteiger partial charge in [-0.3, -0.25) is 0 Å². The van der Waals surface area contributed by atoms with Gasteiger partial charge < -0.3 is 10.3 Å². The first-order valence-corrected chi connectivity index (χ1v) is 6.28.